The predicted octanol–water partition coefficient (Wildman–Crippen LogP) is 1.51. The van der Waals surface area contributed by atoms with Crippen molar-refractivity contribution in [3.63, 3.8) is 0 Å². The van der Waals surface area contributed by atoms with Gasteiger partial charge < -0.3 is 15.4 Å². The van der Waals surface area contributed by atoms with E-state index in [2.05, 4.69) is 22.1 Å². The average Bonchev–Trinajstić information content (AvgIpc) is 3.04. The largest absolute Gasteiger partial charge is 0.384 e. The summed E-state index contributed by atoms with van der Waals surface area (Å²) in [6, 6.07) is 11.2. The van der Waals surface area contributed by atoms with Gasteiger partial charge in [-0.3, -0.25) is 14.0 Å². The summed E-state index contributed by atoms with van der Waals surface area (Å²) < 4.78 is 1.19. The summed E-state index contributed by atoms with van der Waals surface area (Å²) in [5.74, 6) is 4.67. The molecule has 0 aliphatic rings. The van der Waals surface area contributed by atoms with E-state index < -0.39 is 17.0 Å². The number of carbonyl (C=O) groups is 1. The monoisotopic (exact) mass is 407 g/mol. The molecule has 7 nitrogen and oxygen atoms in total. The first-order valence-corrected chi connectivity index (χ1v) is 9.03. The molecule has 0 aliphatic heterocycles. The van der Waals surface area contributed by atoms with Crippen LogP contribution >= 0.6 is 11.6 Å². The molecule has 0 spiro atoms. The van der Waals surface area contributed by atoms with Crippen molar-refractivity contribution in [2.24, 2.45) is 0 Å². The van der Waals surface area contributed by atoms with Crippen molar-refractivity contribution in [2.75, 3.05) is 6.61 Å². The lowest BCUT2D eigenvalue weighted by Gasteiger charge is -2.08. The number of amides is 1. The zero-order chi connectivity index (χ0) is 20.5. The number of aliphatic hydroxyl groups excluding tert-OH is 1. The molecule has 2 aromatic heterocycles. The van der Waals surface area contributed by atoms with Crippen LogP contribution in [0, 0.1) is 11.8 Å². The van der Waals surface area contributed by atoms with Crippen LogP contribution in [0.3, 0.4) is 0 Å². The quantitative estimate of drug-likeness (QED) is 0.448. The van der Waals surface area contributed by atoms with Gasteiger partial charge >= 0.3 is 5.69 Å². The smallest absolute Gasteiger partial charge is 0.331 e. The Morgan fingerprint density at radius 3 is 2.66 bits per heavy atom. The molecule has 4 rings (SSSR count). The van der Waals surface area contributed by atoms with Crippen LogP contribution in [0.1, 0.15) is 21.6 Å². The van der Waals surface area contributed by atoms with Crippen LogP contribution in [-0.4, -0.2) is 27.0 Å². The van der Waals surface area contributed by atoms with Crippen LogP contribution in [0.25, 0.3) is 16.4 Å². The van der Waals surface area contributed by atoms with Gasteiger partial charge in [0.15, 0.2) is 5.43 Å². The predicted molar refractivity (Wildman–Crippen MR) is 110 cm³/mol. The Kier molecular flexibility index (Phi) is 4.80. The molecule has 0 atom stereocenters. The number of aromatic amines is 1. The second kappa shape index (κ2) is 7.43. The molecule has 0 saturated carbocycles. The number of halogens is 1. The summed E-state index contributed by atoms with van der Waals surface area (Å²) in [5.41, 5.74) is 1.03. The van der Waals surface area contributed by atoms with Gasteiger partial charge in [-0.2, -0.15) is 0 Å². The maximum absolute atomic E-state index is 12.7. The SMILES string of the molecule is O=C(NCc1ccc(Cl)cc1)c1cc(=O)c2cc(C#CCO)cc3[nH]c(=O)n1c32. The van der Waals surface area contributed by atoms with Gasteiger partial charge in [0, 0.05) is 28.6 Å². The van der Waals surface area contributed by atoms with E-state index in [1.165, 1.54) is 10.5 Å². The van der Waals surface area contributed by atoms with Gasteiger partial charge in [0.2, 0.25) is 0 Å². The van der Waals surface area contributed by atoms with Crippen molar-refractivity contribution >= 4 is 33.9 Å². The lowest BCUT2D eigenvalue weighted by atomic mass is 10.1. The Labute approximate surface area is 168 Å². The van der Waals surface area contributed by atoms with Crippen LogP contribution < -0.4 is 16.4 Å². The third-order valence-electron chi connectivity index (χ3n) is 4.46. The summed E-state index contributed by atoms with van der Waals surface area (Å²) >= 11 is 5.85. The van der Waals surface area contributed by atoms with Gasteiger partial charge in [-0.1, -0.05) is 35.6 Å². The van der Waals surface area contributed by atoms with Crippen molar-refractivity contribution in [2.45, 2.75) is 6.54 Å². The fourth-order valence-corrected chi connectivity index (χ4v) is 3.31. The number of nitrogens with zero attached hydrogens (tertiary/aromatic N) is 1. The standard InChI is InChI=1S/C21H14ClN3O4/c22-14-5-3-12(4-6-14)11-23-20(28)17-10-18(27)15-8-13(2-1-7-26)9-16-19(15)25(17)21(29)24-16/h3-6,8-10,26H,7,11H2,(H,23,28)(H,24,29). The molecule has 0 bridgehead atoms. The van der Waals surface area contributed by atoms with E-state index in [1.807, 2.05) is 0 Å². The maximum atomic E-state index is 12.7. The molecule has 0 unspecified atom stereocenters. The first-order chi connectivity index (χ1) is 14.0. The van der Waals surface area contributed by atoms with Crippen molar-refractivity contribution in [1.29, 1.82) is 0 Å². The van der Waals surface area contributed by atoms with Crippen LogP contribution in [0.15, 0.2) is 52.1 Å². The molecule has 2 heterocycles. The number of imidazole rings is 1. The van der Waals surface area contributed by atoms with Gasteiger partial charge in [0.25, 0.3) is 5.91 Å². The second-order valence-electron chi connectivity index (χ2n) is 6.35. The summed E-state index contributed by atoms with van der Waals surface area (Å²) in [6.45, 7) is -0.108. The fourth-order valence-electron chi connectivity index (χ4n) is 3.18. The molecule has 8 heteroatoms. The molecule has 144 valence electrons. The molecule has 29 heavy (non-hydrogen) atoms. The molecule has 0 saturated heterocycles. The fraction of sp³-hybridized carbons (Fsp3) is 0.0952. The summed E-state index contributed by atoms with van der Waals surface area (Å²) in [7, 11) is 0. The lowest BCUT2D eigenvalue weighted by Crippen LogP contribution is -2.29. The number of aromatic nitrogens is 2. The highest BCUT2D eigenvalue weighted by Gasteiger charge is 2.19. The third kappa shape index (κ3) is 3.47. The van der Waals surface area contributed by atoms with Crippen LogP contribution in [-0.2, 0) is 6.54 Å². The summed E-state index contributed by atoms with van der Waals surface area (Å²) in [6.07, 6.45) is 0. The lowest BCUT2D eigenvalue weighted by molar-refractivity contribution is 0.0944. The maximum Gasteiger partial charge on any atom is 0.331 e. The van der Waals surface area contributed by atoms with E-state index >= 15 is 0 Å². The van der Waals surface area contributed by atoms with Crippen LogP contribution in [0.2, 0.25) is 5.02 Å². The Morgan fingerprint density at radius 2 is 1.93 bits per heavy atom. The number of hydrogen-bond acceptors (Lipinski definition) is 4. The highest BCUT2D eigenvalue weighted by molar-refractivity contribution is 6.30. The van der Waals surface area contributed by atoms with Crippen molar-refractivity contribution in [1.82, 2.24) is 14.7 Å². The summed E-state index contributed by atoms with van der Waals surface area (Å²) in [5, 5.41) is 12.4. The van der Waals surface area contributed by atoms with Gasteiger partial charge in [-0.25, -0.2) is 4.79 Å². The van der Waals surface area contributed by atoms with E-state index in [9.17, 15) is 14.4 Å². The molecule has 0 radical (unpaired) electrons. The number of carbonyl (C=O) groups excluding carboxylic acids is 1. The van der Waals surface area contributed by atoms with Gasteiger partial charge in [-0.15, -0.1) is 0 Å². The second-order valence-corrected chi connectivity index (χ2v) is 6.78. The number of rotatable bonds is 3. The first-order valence-electron chi connectivity index (χ1n) is 8.65. The highest BCUT2D eigenvalue weighted by Crippen LogP contribution is 2.19. The van der Waals surface area contributed by atoms with Gasteiger partial charge in [0.05, 0.1) is 11.0 Å². The molecule has 4 aromatic rings. The average molecular weight is 408 g/mol. The number of H-pyrrole nitrogens is 1. The number of pyridine rings is 1. The Balaban J connectivity index is 1.78. The van der Waals surface area contributed by atoms with Crippen LogP contribution in [0.5, 0.6) is 0 Å². The number of hydrogen-bond donors (Lipinski definition) is 3. The minimum absolute atomic E-state index is 0.0538. The zero-order valence-corrected chi connectivity index (χ0v) is 15.7. The van der Waals surface area contributed by atoms with Gasteiger partial charge in [-0.05, 0) is 29.8 Å². The van der Waals surface area contributed by atoms with E-state index in [0.29, 0.717) is 21.6 Å². The van der Waals surface area contributed by atoms with Crippen molar-refractivity contribution in [3.8, 4) is 11.8 Å². The molecular weight excluding hydrogens is 394 g/mol. The van der Waals surface area contributed by atoms with Gasteiger partial charge in [0.1, 0.15) is 12.3 Å². The molecular formula is C21H14ClN3O4. The third-order valence-corrected chi connectivity index (χ3v) is 4.72. The van der Waals surface area contributed by atoms with E-state index in [1.54, 1.807) is 30.3 Å². The molecule has 1 amide bonds. The minimum Gasteiger partial charge on any atom is -0.384 e. The molecule has 3 N–H and O–H groups in total. The first kappa shape index (κ1) is 18.7. The summed E-state index contributed by atoms with van der Waals surface area (Å²) in [4.78, 5) is 40.5. The van der Waals surface area contributed by atoms with Crippen molar-refractivity contribution in [3.05, 3.63) is 85.0 Å². The Hall–Kier alpha value is -3.60. The molecule has 0 aliphatic carbocycles. The minimum atomic E-state index is -0.550. The topological polar surface area (TPSA) is 104 Å². The van der Waals surface area contributed by atoms with Crippen LogP contribution in [0.4, 0.5) is 0 Å². The number of benzene rings is 2. The number of nitrogens with one attached hydrogen (secondary N) is 2. The Bertz CT molecular complexity index is 1410. The Morgan fingerprint density at radius 1 is 1.17 bits per heavy atom. The van der Waals surface area contributed by atoms with E-state index in [-0.39, 0.29) is 24.2 Å². The molecule has 2 aromatic carbocycles. The van der Waals surface area contributed by atoms with E-state index in [4.69, 9.17) is 16.7 Å². The zero-order valence-electron chi connectivity index (χ0n) is 15.0. The molecule has 0 fully saturated rings. The normalized spacial score (nSPS) is 10.8. The van der Waals surface area contributed by atoms with E-state index in [0.717, 1.165) is 11.6 Å². The number of aliphatic hydroxyl groups is 1. The van der Waals surface area contributed by atoms with Crippen molar-refractivity contribution < 1.29 is 9.90 Å². The highest BCUT2D eigenvalue weighted by atomic mass is 35.5.